The Morgan fingerprint density at radius 1 is 1.13 bits per heavy atom. The normalized spacial score (nSPS) is 15.6. The predicted octanol–water partition coefficient (Wildman–Crippen LogP) is 2.79. The summed E-state index contributed by atoms with van der Waals surface area (Å²) in [5.41, 5.74) is 2.85. The number of benzene rings is 2. The van der Waals surface area contributed by atoms with Gasteiger partial charge in [0.1, 0.15) is 5.75 Å². The second kappa shape index (κ2) is 9.80. The van der Waals surface area contributed by atoms with Gasteiger partial charge in [0.05, 0.1) is 18.0 Å². The van der Waals surface area contributed by atoms with E-state index in [0.29, 0.717) is 17.7 Å². The monoisotopic (exact) mass is 445 g/mol. The van der Waals surface area contributed by atoms with E-state index in [1.165, 1.54) is 13.1 Å². The molecule has 1 heterocycles. The summed E-state index contributed by atoms with van der Waals surface area (Å²) in [6.07, 6.45) is 2.28. The van der Waals surface area contributed by atoms with Crippen LogP contribution in [0.4, 0.5) is 0 Å². The van der Waals surface area contributed by atoms with E-state index in [1.54, 1.807) is 20.1 Å². The van der Waals surface area contributed by atoms with Crippen LogP contribution in [0.2, 0.25) is 0 Å². The number of nitrogens with one attached hydrogen (secondary N) is 2. The minimum absolute atomic E-state index is 0.0458. The van der Waals surface area contributed by atoms with Crippen LogP contribution >= 0.6 is 0 Å². The highest BCUT2D eigenvalue weighted by Crippen LogP contribution is 2.27. The average Bonchev–Trinajstić information content (AvgIpc) is 3.30. The maximum Gasteiger partial charge on any atom is 0.251 e. The van der Waals surface area contributed by atoms with E-state index in [4.69, 9.17) is 4.74 Å². The molecule has 3 rings (SSSR count). The number of sulfonamides is 1. The van der Waals surface area contributed by atoms with E-state index in [0.717, 1.165) is 42.8 Å². The van der Waals surface area contributed by atoms with Crippen LogP contribution in [0.3, 0.4) is 0 Å². The number of carbonyl (C=O) groups excluding carboxylic acids is 1. The van der Waals surface area contributed by atoms with Crippen molar-refractivity contribution in [3.63, 3.8) is 0 Å². The summed E-state index contributed by atoms with van der Waals surface area (Å²) in [4.78, 5) is 15.5. The zero-order valence-corrected chi connectivity index (χ0v) is 19.4. The molecule has 1 aliphatic rings. The van der Waals surface area contributed by atoms with Gasteiger partial charge in [-0.05, 0) is 87.8 Å². The summed E-state index contributed by atoms with van der Waals surface area (Å²) in [5.74, 6) is 0.509. The van der Waals surface area contributed by atoms with Crippen molar-refractivity contribution in [1.29, 1.82) is 0 Å². The van der Waals surface area contributed by atoms with E-state index in [9.17, 15) is 13.2 Å². The van der Waals surface area contributed by atoms with Gasteiger partial charge < -0.3 is 10.1 Å². The topological polar surface area (TPSA) is 87.7 Å². The zero-order chi connectivity index (χ0) is 22.6. The Hall–Kier alpha value is -2.42. The van der Waals surface area contributed by atoms with Gasteiger partial charge in [-0.15, -0.1) is 0 Å². The Bertz CT molecular complexity index is 1030. The molecule has 1 aliphatic heterocycles. The van der Waals surface area contributed by atoms with Crippen LogP contribution in [0.1, 0.15) is 45.9 Å². The van der Waals surface area contributed by atoms with Crippen LogP contribution in [0, 0.1) is 13.8 Å². The van der Waals surface area contributed by atoms with Crippen molar-refractivity contribution in [2.75, 3.05) is 33.8 Å². The number of amides is 1. The van der Waals surface area contributed by atoms with E-state index >= 15 is 0 Å². The molecule has 8 heteroatoms. The van der Waals surface area contributed by atoms with Crippen LogP contribution in [0.5, 0.6) is 5.75 Å². The van der Waals surface area contributed by atoms with E-state index in [1.807, 2.05) is 31.2 Å². The molecule has 168 valence electrons. The maximum absolute atomic E-state index is 13.0. The molecule has 2 aromatic rings. The highest BCUT2D eigenvalue weighted by molar-refractivity contribution is 7.89. The molecule has 0 unspecified atom stereocenters. The third kappa shape index (κ3) is 5.26. The average molecular weight is 446 g/mol. The lowest BCUT2D eigenvalue weighted by molar-refractivity contribution is 0.0937. The van der Waals surface area contributed by atoms with Gasteiger partial charge in [-0.2, -0.15) is 0 Å². The molecule has 31 heavy (non-hydrogen) atoms. The van der Waals surface area contributed by atoms with Gasteiger partial charge in [0.2, 0.25) is 10.0 Å². The van der Waals surface area contributed by atoms with Crippen molar-refractivity contribution in [2.45, 2.75) is 37.6 Å². The molecule has 0 bridgehead atoms. The maximum atomic E-state index is 13.0. The number of carbonyl (C=O) groups is 1. The number of nitrogens with zero attached hydrogens (tertiary/aromatic N) is 1. The second-order valence-corrected chi connectivity index (χ2v) is 9.72. The Morgan fingerprint density at radius 2 is 1.77 bits per heavy atom. The van der Waals surface area contributed by atoms with Crippen LogP contribution in [0.15, 0.2) is 41.3 Å². The number of hydrogen-bond acceptors (Lipinski definition) is 5. The van der Waals surface area contributed by atoms with E-state index < -0.39 is 10.0 Å². The van der Waals surface area contributed by atoms with Gasteiger partial charge >= 0.3 is 0 Å². The van der Waals surface area contributed by atoms with Crippen molar-refractivity contribution in [3.8, 4) is 5.75 Å². The Labute approximate surface area is 184 Å². The zero-order valence-electron chi connectivity index (χ0n) is 18.6. The van der Waals surface area contributed by atoms with Crippen LogP contribution in [-0.4, -0.2) is 53.0 Å². The van der Waals surface area contributed by atoms with Crippen molar-refractivity contribution in [3.05, 3.63) is 58.7 Å². The van der Waals surface area contributed by atoms with Crippen LogP contribution in [-0.2, 0) is 10.0 Å². The Balaban J connectivity index is 1.82. The van der Waals surface area contributed by atoms with Gasteiger partial charge in [-0.1, -0.05) is 12.1 Å². The summed E-state index contributed by atoms with van der Waals surface area (Å²) in [7, 11) is -0.646. The molecule has 0 radical (unpaired) electrons. The number of aryl methyl sites for hydroxylation is 1. The van der Waals surface area contributed by atoms with Gasteiger partial charge in [0, 0.05) is 12.1 Å². The predicted molar refractivity (Wildman–Crippen MR) is 121 cm³/mol. The third-order valence-corrected chi connectivity index (χ3v) is 7.52. The fourth-order valence-corrected chi connectivity index (χ4v) is 5.04. The molecule has 1 saturated heterocycles. The molecular weight excluding hydrogens is 414 g/mol. The fourth-order valence-electron chi connectivity index (χ4n) is 3.98. The molecule has 2 aromatic carbocycles. The first-order valence-corrected chi connectivity index (χ1v) is 12.0. The minimum Gasteiger partial charge on any atom is -0.497 e. The molecule has 2 N–H and O–H groups in total. The molecular formula is C23H31N3O4S. The molecule has 7 nitrogen and oxygen atoms in total. The number of likely N-dealkylation sites (tertiary alicyclic amines) is 1. The summed E-state index contributed by atoms with van der Waals surface area (Å²) in [6.45, 7) is 5.97. The SMILES string of the molecule is CNS(=O)(=O)c1cc(C(=O)NC[C@H](c2ccc(OC)cc2)N2CCCC2)cc(C)c1C. The Morgan fingerprint density at radius 3 is 2.35 bits per heavy atom. The quantitative estimate of drug-likeness (QED) is 0.652. The fraction of sp³-hybridized carbons (Fsp3) is 0.435. The first kappa shape index (κ1) is 23.2. The Kier molecular flexibility index (Phi) is 7.35. The van der Waals surface area contributed by atoms with E-state index in [2.05, 4.69) is 14.9 Å². The van der Waals surface area contributed by atoms with Crippen molar-refractivity contribution >= 4 is 15.9 Å². The minimum atomic E-state index is -3.65. The summed E-state index contributed by atoms with van der Waals surface area (Å²) >= 11 is 0. The lowest BCUT2D eigenvalue weighted by Crippen LogP contribution is -2.37. The molecule has 0 aliphatic carbocycles. The van der Waals surface area contributed by atoms with Crippen molar-refractivity contribution in [1.82, 2.24) is 14.9 Å². The molecule has 1 fully saturated rings. The van der Waals surface area contributed by atoms with Gasteiger partial charge in [-0.25, -0.2) is 13.1 Å². The van der Waals surface area contributed by atoms with Gasteiger partial charge in [0.15, 0.2) is 0 Å². The molecule has 1 amide bonds. The van der Waals surface area contributed by atoms with Gasteiger partial charge in [-0.3, -0.25) is 9.69 Å². The molecule has 0 saturated carbocycles. The number of ether oxygens (including phenoxy) is 1. The largest absolute Gasteiger partial charge is 0.497 e. The second-order valence-electron chi connectivity index (χ2n) is 7.87. The standard InChI is InChI=1S/C23H31N3O4S/c1-16-13-19(14-22(17(16)2)31(28,29)24-3)23(27)25-15-21(26-11-5-6-12-26)18-7-9-20(30-4)10-8-18/h7-10,13-14,21,24H,5-6,11-12,15H2,1-4H3,(H,25,27)/t21-/m1/s1. The first-order valence-electron chi connectivity index (χ1n) is 10.5. The summed E-state index contributed by atoms with van der Waals surface area (Å²) in [5, 5.41) is 3.02. The highest BCUT2D eigenvalue weighted by atomic mass is 32.2. The summed E-state index contributed by atoms with van der Waals surface area (Å²) in [6, 6.07) is 11.1. The van der Waals surface area contributed by atoms with Crippen molar-refractivity contribution in [2.24, 2.45) is 0 Å². The first-order chi connectivity index (χ1) is 14.8. The third-order valence-electron chi connectivity index (χ3n) is 5.98. The molecule has 1 atom stereocenters. The number of methoxy groups -OCH3 is 1. The van der Waals surface area contributed by atoms with Crippen LogP contribution < -0.4 is 14.8 Å². The van der Waals surface area contributed by atoms with Gasteiger partial charge in [0.25, 0.3) is 5.91 Å². The lowest BCUT2D eigenvalue weighted by atomic mass is 10.0. The summed E-state index contributed by atoms with van der Waals surface area (Å²) < 4.78 is 32.3. The van der Waals surface area contributed by atoms with E-state index in [-0.39, 0.29) is 16.8 Å². The number of rotatable bonds is 8. The lowest BCUT2D eigenvalue weighted by Gasteiger charge is -2.28. The number of hydrogen-bond donors (Lipinski definition) is 2. The molecule has 0 aromatic heterocycles. The van der Waals surface area contributed by atoms with Crippen molar-refractivity contribution < 1.29 is 17.9 Å². The van der Waals surface area contributed by atoms with Crippen LogP contribution in [0.25, 0.3) is 0 Å². The molecule has 0 spiro atoms. The highest BCUT2D eigenvalue weighted by Gasteiger charge is 2.25. The smallest absolute Gasteiger partial charge is 0.251 e.